The maximum Gasteiger partial charge on any atom is 0.309 e. The lowest BCUT2D eigenvalue weighted by Gasteiger charge is -2.37. The van der Waals surface area contributed by atoms with Crippen molar-refractivity contribution in [3.63, 3.8) is 0 Å². The normalized spacial score (nSPS) is 38.5. The van der Waals surface area contributed by atoms with E-state index in [1.807, 2.05) is 0 Å². The van der Waals surface area contributed by atoms with E-state index >= 15 is 0 Å². The number of carbonyl (C=O) groups excluding carboxylic acids is 1. The lowest BCUT2D eigenvalue weighted by molar-refractivity contribution is -0.157. The van der Waals surface area contributed by atoms with Gasteiger partial charge in [-0.25, -0.2) is 0 Å². The Morgan fingerprint density at radius 2 is 1.38 bits per heavy atom. The largest absolute Gasteiger partial charge is 0.462 e. The number of rotatable bonds is 5. The number of esters is 1. The first kappa shape index (κ1) is 20.0. The molecule has 0 bridgehead atoms. The maximum absolute atomic E-state index is 12.6. The zero-order valence-corrected chi connectivity index (χ0v) is 17.2. The molecule has 0 atom stereocenters. The van der Waals surface area contributed by atoms with Crippen LogP contribution in [0, 0.1) is 29.6 Å². The zero-order chi connectivity index (χ0) is 18.5. The Labute approximate surface area is 161 Å². The lowest BCUT2D eigenvalue weighted by Crippen LogP contribution is -2.32. The van der Waals surface area contributed by atoms with E-state index in [0.717, 1.165) is 55.8 Å². The molecule has 0 spiro atoms. The van der Waals surface area contributed by atoms with E-state index in [4.69, 9.17) is 4.74 Å². The molecule has 0 unspecified atom stereocenters. The molecule has 26 heavy (non-hydrogen) atoms. The van der Waals surface area contributed by atoms with E-state index in [1.54, 1.807) is 0 Å². The van der Waals surface area contributed by atoms with Crippen LogP contribution < -0.4 is 0 Å². The summed E-state index contributed by atoms with van der Waals surface area (Å²) in [5, 5.41) is 0. The first-order valence-corrected chi connectivity index (χ1v) is 11.4. The lowest BCUT2D eigenvalue weighted by atomic mass is 9.69. The van der Waals surface area contributed by atoms with Crippen LogP contribution in [0.2, 0.25) is 0 Å². The van der Waals surface area contributed by atoms with E-state index in [2.05, 4.69) is 20.4 Å². The van der Waals surface area contributed by atoms with Crippen LogP contribution in [-0.2, 0) is 9.53 Å². The van der Waals surface area contributed by atoms with Crippen LogP contribution in [0.15, 0.2) is 12.2 Å². The molecule has 3 fully saturated rings. The molecule has 3 rings (SSSR count). The van der Waals surface area contributed by atoms with Crippen LogP contribution in [0.3, 0.4) is 0 Å². The Balaban J connectivity index is 1.36. The van der Waals surface area contributed by atoms with Crippen molar-refractivity contribution in [2.24, 2.45) is 29.6 Å². The minimum atomic E-state index is 0.115. The van der Waals surface area contributed by atoms with Gasteiger partial charge in [0.15, 0.2) is 0 Å². The van der Waals surface area contributed by atoms with Crippen molar-refractivity contribution in [1.29, 1.82) is 0 Å². The van der Waals surface area contributed by atoms with Crippen molar-refractivity contribution in [3.8, 4) is 0 Å². The summed E-state index contributed by atoms with van der Waals surface area (Å²) in [6.45, 7) is 8.56. The quantitative estimate of drug-likeness (QED) is 0.403. The highest BCUT2D eigenvalue weighted by Crippen LogP contribution is 2.41. The highest BCUT2D eigenvalue weighted by atomic mass is 16.5. The van der Waals surface area contributed by atoms with Crippen LogP contribution in [-0.4, -0.2) is 12.1 Å². The van der Waals surface area contributed by atoms with Gasteiger partial charge in [0, 0.05) is 0 Å². The molecule has 0 amide bonds. The van der Waals surface area contributed by atoms with Crippen molar-refractivity contribution in [2.75, 3.05) is 0 Å². The molecule has 0 saturated heterocycles. The van der Waals surface area contributed by atoms with Crippen LogP contribution in [0.5, 0.6) is 0 Å². The van der Waals surface area contributed by atoms with Crippen LogP contribution in [0.1, 0.15) is 97.3 Å². The fourth-order valence-corrected chi connectivity index (χ4v) is 5.79. The second-order valence-corrected chi connectivity index (χ2v) is 9.87. The van der Waals surface area contributed by atoms with Gasteiger partial charge in [-0.15, -0.1) is 6.58 Å². The summed E-state index contributed by atoms with van der Waals surface area (Å²) >= 11 is 0. The highest BCUT2D eigenvalue weighted by molar-refractivity contribution is 5.72. The third-order valence-electron chi connectivity index (χ3n) is 7.55. The average molecular weight is 361 g/mol. The Bertz CT molecular complexity index is 459. The molecule has 3 saturated carbocycles. The Hall–Kier alpha value is -0.790. The Kier molecular flexibility index (Phi) is 7.23. The molecule has 0 aromatic carbocycles. The number of ether oxygens (including phenoxy) is 1. The molecule has 2 heteroatoms. The third-order valence-corrected chi connectivity index (χ3v) is 7.55. The summed E-state index contributed by atoms with van der Waals surface area (Å²) in [4.78, 5) is 12.6. The van der Waals surface area contributed by atoms with Gasteiger partial charge in [0.05, 0.1) is 5.92 Å². The molecule has 2 nitrogen and oxygen atoms in total. The predicted octanol–water partition coefficient (Wildman–Crippen LogP) is 6.69. The summed E-state index contributed by atoms with van der Waals surface area (Å²) in [5.41, 5.74) is 1.29. The van der Waals surface area contributed by atoms with Gasteiger partial charge in [-0.1, -0.05) is 25.3 Å². The molecule has 0 N–H and O–H groups in total. The van der Waals surface area contributed by atoms with E-state index in [9.17, 15) is 4.79 Å². The molecule has 0 heterocycles. The van der Waals surface area contributed by atoms with E-state index in [-0.39, 0.29) is 18.0 Å². The standard InChI is InChI=1S/C24H40O2/c1-17(2)16-19-6-14-23(15-7-19)26-24(25)22-12-10-21(11-13-22)20-8-4-18(3)5-9-20/h18-23H,1,4-16H2,2-3H3. The number of hydrogen-bond acceptors (Lipinski definition) is 2. The van der Waals surface area contributed by atoms with Crippen molar-refractivity contribution < 1.29 is 9.53 Å². The highest BCUT2D eigenvalue weighted by Gasteiger charge is 2.34. The van der Waals surface area contributed by atoms with Gasteiger partial charge in [0.2, 0.25) is 0 Å². The molecular weight excluding hydrogens is 320 g/mol. The van der Waals surface area contributed by atoms with Gasteiger partial charge >= 0.3 is 5.97 Å². The van der Waals surface area contributed by atoms with Crippen molar-refractivity contribution in [1.82, 2.24) is 0 Å². The van der Waals surface area contributed by atoms with Gasteiger partial charge in [-0.3, -0.25) is 4.79 Å². The smallest absolute Gasteiger partial charge is 0.309 e. The van der Waals surface area contributed by atoms with Crippen molar-refractivity contribution in [3.05, 3.63) is 12.2 Å². The minimum Gasteiger partial charge on any atom is -0.462 e. The molecule has 148 valence electrons. The van der Waals surface area contributed by atoms with Crippen molar-refractivity contribution >= 4 is 5.97 Å². The van der Waals surface area contributed by atoms with Crippen LogP contribution in [0.25, 0.3) is 0 Å². The van der Waals surface area contributed by atoms with Crippen LogP contribution >= 0.6 is 0 Å². The molecule has 0 radical (unpaired) electrons. The molecular formula is C24H40O2. The van der Waals surface area contributed by atoms with E-state index < -0.39 is 0 Å². The molecule has 0 aliphatic heterocycles. The van der Waals surface area contributed by atoms with E-state index in [0.29, 0.717) is 0 Å². The zero-order valence-electron chi connectivity index (χ0n) is 17.2. The minimum absolute atomic E-state index is 0.115. The van der Waals surface area contributed by atoms with Gasteiger partial charge < -0.3 is 4.74 Å². The van der Waals surface area contributed by atoms with Gasteiger partial charge in [-0.05, 0) is 101 Å². The van der Waals surface area contributed by atoms with Crippen LogP contribution in [0.4, 0.5) is 0 Å². The molecule has 3 aliphatic rings. The summed E-state index contributed by atoms with van der Waals surface area (Å²) in [7, 11) is 0. The Morgan fingerprint density at radius 3 is 1.92 bits per heavy atom. The molecule has 3 aliphatic carbocycles. The fraction of sp³-hybridized carbons (Fsp3) is 0.875. The van der Waals surface area contributed by atoms with Gasteiger partial charge in [0.25, 0.3) is 0 Å². The van der Waals surface area contributed by atoms with Gasteiger partial charge in [0.1, 0.15) is 6.10 Å². The summed E-state index contributed by atoms with van der Waals surface area (Å²) in [5.74, 6) is 3.81. The number of hydrogen-bond donors (Lipinski definition) is 0. The number of carbonyl (C=O) groups is 1. The number of allylic oxidation sites excluding steroid dienone is 1. The summed E-state index contributed by atoms with van der Waals surface area (Å²) in [6, 6.07) is 0. The Morgan fingerprint density at radius 1 is 0.846 bits per heavy atom. The first-order valence-electron chi connectivity index (χ1n) is 11.4. The maximum atomic E-state index is 12.6. The van der Waals surface area contributed by atoms with Crippen molar-refractivity contribution in [2.45, 2.75) is 103 Å². The summed E-state index contributed by atoms with van der Waals surface area (Å²) < 4.78 is 5.92. The third kappa shape index (κ3) is 5.60. The second kappa shape index (κ2) is 9.42. The molecule has 0 aromatic heterocycles. The SMILES string of the molecule is C=C(C)CC1CCC(OC(=O)C2CCC(C3CCC(C)CC3)CC2)CC1. The van der Waals surface area contributed by atoms with E-state index in [1.165, 1.54) is 56.9 Å². The van der Waals surface area contributed by atoms with Gasteiger partial charge in [-0.2, -0.15) is 0 Å². The summed E-state index contributed by atoms with van der Waals surface area (Å²) in [6.07, 6.45) is 16.2. The monoisotopic (exact) mass is 360 g/mol. The average Bonchev–Trinajstić information content (AvgIpc) is 2.64. The topological polar surface area (TPSA) is 26.3 Å². The first-order chi connectivity index (χ1) is 12.5. The second-order valence-electron chi connectivity index (χ2n) is 9.87. The predicted molar refractivity (Wildman–Crippen MR) is 108 cm³/mol. The fourth-order valence-electron chi connectivity index (χ4n) is 5.79. The molecule has 0 aromatic rings.